The molecule has 1 N–H and O–H groups in total. The van der Waals surface area contributed by atoms with Crippen LogP contribution in [0.4, 0.5) is 0 Å². The lowest BCUT2D eigenvalue weighted by atomic mass is 10.3. The van der Waals surface area contributed by atoms with Crippen molar-refractivity contribution in [2.24, 2.45) is 0 Å². The van der Waals surface area contributed by atoms with E-state index in [1.807, 2.05) is 6.07 Å². The quantitative estimate of drug-likeness (QED) is 0.542. The lowest BCUT2D eigenvalue weighted by Crippen LogP contribution is -1.82. The van der Waals surface area contributed by atoms with Crippen LogP contribution in [0.15, 0.2) is 28.7 Å². The van der Waals surface area contributed by atoms with Crippen molar-refractivity contribution in [2.75, 3.05) is 0 Å². The summed E-state index contributed by atoms with van der Waals surface area (Å²) in [6.07, 6.45) is 0. The fourth-order valence-electron chi connectivity index (χ4n) is 0.519. The lowest BCUT2D eigenvalue weighted by molar-refractivity contribution is -0.138. The number of hydrogen-bond acceptors (Lipinski definition) is 2. The molecular weight excluding hydrogens is 184 g/mol. The molecule has 0 saturated carbocycles. The number of halogens is 1. The molecular formula is C6H5BrO2. The summed E-state index contributed by atoms with van der Waals surface area (Å²) in [5.41, 5.74) is 0. The van der Waals surface area contributed by atoms with E-state index in [1.165, 1.54) is 0 Å². The van der Waals surface area contributed by atoms with E-state index in [-0.39, 0.29) is 0 Å². The summed E-state index contributed by atoms with van der Waals surface area (Å²) in [5.74, 6) is 0.428. The monoisotopic (exact) mass is 188 g/mol. The topological polar surface area (TPSA) is 29.5 Å². The molecule has 0 aliphatic carbocycles. The van der Waals surface area contributed by atoms with Crippen molar-refractivity contribution in [2.45, 2.75) is 0 Å². The summed E-state index contributed by atoms with van der Waals surface area (Å²) in [6, 6.07) is 7.05. The van der Waals surface area contributed by atoms with Crippen molar-refractivity contribution >= 4 is 15.9 Å². The van der Waals surface area contributed by atoms with E-state index in [2.05, 4.69) is 20.8 Å². The number of benzene rings is 1. The third kappa shape index (κ3) is 1.43. The molecule has 0 atom stereocenters. The van der Waals surface area contributed by atoms with Crippen molar-refractivity contribution < 1.29 is 10.1 Å². The van der Waals surface area contributed by atoms with Crippen molar-refractivity contribution in [3.05, 3.63) is 28.7 Å². The second kappa shape index (κ2) is 2.85. The van der Waals surface area contributed by atoms with Gasteiger partial charge >= 0.3 is 0 Å². The highest BCUT2D eigenvalue weighted by Gasteiger charge is 1.95. The van der Waals surface area contributed by atoms with Crippen LogP contribution in [-0.2, 0) is 0 Å². The summed E-state index contributed by atoms with van der Waals surface area (Å²) in [4.78, 5) is 4.00. The van der Waals surface area contributed by atoms with Crippen LogP contribution in [-0.4, -0.2) is 5.26 Å². The Balaban J connectivity index is 3.01. The summed E-state index contributed by atoms with van der Waals surface area (Å²) >= 11 is 3.17. The molecule has 0 radical (unpaired) electrons. The van der Waals surface area contributed by atoms with Crippen molar-refractivity contribution in [3.63, 3.8) is 0 Å². The van der Waals surface area contributed by atoms with E-state index < -0.39 is 0 Å². The Labute approximate surface area is 61.1 Å². The predicted molar refractivity (Wildman–Crippen MR) is 37.4 cm³/mol. The molecule has 0 amide bonds. The van der Waals surface area contributed by atoms with E-state index >= 15 is 0 Å². The van der Waals surface area contributed by atoms with Crippen LogP contribution in [0, 0.1) is 0 Å². The second-order valence-electron chi connectivity index (χ2n) is 1.52. The Morgan fingerprint density at radius 2 is 2.00 bits per heavy atom. The number of rotatable bonds is 1. The summed E-state index contributed by atoms with van der Waals surface area (Å²) < 4.78 is 0.743. The third-order valence-corrected chi connectivity index (χ3v) is 1.59. The van der Waals surface area contributed by atoms with Crippen LogP contribution in [0.25, 0.3) is 0 Å². The second-order valence-corrected chi connectivity index (χ2v) is 2.38. The van der Waals surface area contributed by atoms with Gasteiger partial charge in [-0.25, -0.2) is 5.26 Å². The van der Waals surface area contributed by atoms with Gasteiger partial charge in [0.1, 0.15) is 0 Å². The Morgan fingerprint density at radius 3 is 2.44 bits per heavy atom. The number of hydrogen-bond donors (Lipinski definition) is 1. The molecule has 0 unspecified atom stereocenters. The lowest BCUT2D eigenvalue weighted by Gasteiger charge is -1.96. The van der Waals surface area contributed by atoms with Gasteiger partial charge < -0.3 is 4.89 Å². The third-order valence-electron chi connectivity index (χ3n) is 0.935. The van der Waals surface area contributed by atoms with E-state index in [0.29, 0.717) is 5.75 Å². The van der Waals surface area contributed by atoms with E-state index in [0.717, 1.165) is 4.47 Å². The van der Waals surface area contributed by atoms with Crippen LogP contribution >= 0.6 is 15.9 Å². The summed E-state index contributed by atoms with van der Waals surface area (Å²) in [6.45, 7) is 0. The first-order chi connectivity index (χ1) is 4.34. The number of para-hydroxylation sites is 1. The first-order valence-electron chi connectivity index (χ1n) is 2.40. The Bertz CT molecular complexity index is 200. The Kier molecular flexibility index (Phi) is 2.08. The van der Waals surface area contributed by atoms with Gasteiger partial charge in [-0.2, -0.15) is 0 Å². The van der Waals surface area contributed by atoms with Crippen molar-refractivity contribution in [3.8, 4) is 5.75 Å². The molecule has 0 saturated heterocycles. The Morgan fingerprint density at radius 1 is 1.33 bits per heavy atom. The van der Waals surface area contributed by atoms with Crippen LogP contribution < -0.4 is 4.89 Å². The summed E-state index contributed by atoms with van der Waals surface area (Å²) in [5, 5.41) is 8.19. The molecule has 0 aliphatic heterocycles. The highest BCUT2D eigenvalue weighted by Crippen LogP contribution is 2.22. The average molecular weight is 189 g/mol. The molecule has 1 rings (SSSR count). The maximum Gasteiger partial charge on any atom is 0.179 e. The predicted octanol–water partition coefficient (Wildman–Crippen LogP) is 2.30. The zero-order valence-corrected chi connectivity index (χ0v) is 6.13. The molecule has 3 heteroatoms. The molecule has 2 nitrogen and oxygen atoms in total. The van der Waals surface area contributed by atoms with Crippen molar-refractivity contribution in [1.82, 2.24) is 0 Å². The van der Waals surface area contributed by atoms with Gasteiger partial charge in [-0.05, 0) is 28.1 Å². The fraction of sp³-hybridized carbons (Fsp3) is 0. The van der Waals surface area contributed by atoms with Gasteiger partial charge in [-0.1, -0.05) is 12.1 Å². The fourth-order valence-corrected chi connectivity index (χ4v) is 0.876. The van der Waals surface area contributed by atoms with E-state index in [1.54, 1.807) is 18.2 Å². The van der Waals surface area contributed by atoms with Crippen LogP contribution in [0.2, 0.25) is 0 Å². The van der Waals surface area contributed by atoms with Gasteiger partial charge in [0, 0.05) is 0 Å². The minimum absolute atomic E-state index is 0.428. The van der Waals surface area contributed by atoms with Crippen LogP contribution in [0.3, 0.4) is 0 Å². The standard InChI is InChI=1S/C6H5BrO2/c7-5-3-1-2-4-6(5)9-8/h1-4,8H. The highest BCUT2D eigenvalue weighted by molar-refractivity contribution is 9.10. The van der Waals surface area contributed by atoms with Gasteiger partial charge in [0.15, 0.2) is 5.75 Å². The van der Waals surface area contributed by atoms with E-state index in [4.69, 9.17) is 5.26 Å². The van der Waals surface area contributed by atoms with Gasteiger partial charge in [0.2, 0.25) is 0 Å². The maximum atomic E-state index is 8.19. The molecule has 1 aromatic rings. The first-order valence-corrected chi connectivity index (χ1v) is 3.20. The average Bonchev–Trinajstić information content (AvgIpc) is 1.89. The Hall–Kier alpha value is -0.540. The molecule has 0 aliphatic rings. The minimum atomic E-state index is 0.428. The van der Waals surface area contributed by atoms with Gasteiger partial charge in [-0.3, -0.25) is 0 Å². The zero-order chi connectivity index (χ0) is 6.69. The maximum absolute atomic E-state index is 8.19. The van der Waals surface area contributed by atoms with Gasteiger partial charge in [0.25, 0.3) is 0 Å². The highest BCUT2D eigenvalue weighted by atomic mass is 79.9. The summed E-state index contributed by atoms with van der Waals surface area (Å²) in [7, 11) is 0. The molecule has 0 spiro atoms. The smallest absolute Gasteiger partial charge is 0.179 e. The molecule has 0 heterocycles. The molecule has 1 aromatic carbocycles. The zero-order valence-electron chi connectivity index (χ0n) is 4.54. The largest absolute Gasteiger partial charge is 0.339 e. The van der Waals surface area contributed by atoms with E-state index in [9.17, 15) is 0 Å². The van der Waals surface area contributed by atoms with Crippen LogP contribution in [0.5, 0.6) is 5.75 Å². The molecule has 9 heavy (non-hydrogen) atoms. The van der Waals surface area contributed by atoms with Crippen molar-refractivity contribution in [1.29, 1.82) is 0 Å². The molecule has 0 fully saturated rings. The minimum Gasteiger partial charge on any atom is -0.339 e. The normalized spacial score (nSPS) is 9.11. The molecule has 48 valence electrons. The molecule has 0 bridgehead atoms. The van der Waals surface area contributed by atoms with Gasteiger partial charge in [0.05, 0.1) is 4.47 Å². The van der Waals surface area contributed by atoms with Crippen LogP contribution in [0.1, 0.15) is 0 Å². The van der Waals surface area contributed by atoms with Gasteiger partial charge in [-0.15, -0.1) is 0 Å². The first kappa shape index (κ1) is 6.58. The molecule has 0 aromatic heterocycles. The SMILES string of the molecule is OOc1ccccc1Br.